The van der Waals surface area contributed by atoms with Gasteiger partial charge in [0.25, 0.3) is 0 Å². The summed E-state index contributed by atoms with van der Waals surface area (Å²) in [5, 5.41) is 5.21. The molecule has 1 saturated carbocycles. The molecule has 0 radical (unpaired) electrons. The molecule has 1 aromatic carbocycles. The van der Waals surface area contributed by atoms with E-state index in [2.05, 4.69) is 29.6 Å². The van der Waals surface area contributed by atoms with Crippen LogP contribution in [-0.2, 0) is 9.84 Å². The summed E-state index contributed by atoms with van der Waals surface area (Å²) < 4.78 is 24.3. The van der Waals surface area contributed by atoms with Crippen molar-refractivity contribution in [3.8, 4) is 0 Å². The van der Waals surface area contributed by atoms with Gasteiger partial charge in [0.2, 0.25) is 0 Å². The first-order valence-electron chi connectivity index (χ1n) is 9.97. The summed E-state index contributed by atoms with van der Waals surface area (Å²) in [6, 6.07) is 6.72. The number of sulfone groups is 1. The van der Waals surface area contributed by atoms with Gasteiger partial charge in [-0.2, -0.15) is 0 Å². The Balaban J connectivity index is 2.10. The zero-order valence-corrected chi connectivity index (χ0v) is 18.6. The van der Waals surface area contributed by atoms with Gasteiger partial charge in [0, 0.05) is 24.8 Å². The molecule has 0 saturated heterocycles. The Hall–Kier alpha value is -1.60. The van der Waals surface area contributed by atoms with E-state index < -0.39 is 21.1 Å². The summed E-state index contributed by atoms with van der Waals surface area (Å²) in [6.07, 6.45) is 5.80. The van der Waals surface area contributed by atoms with E-state index in [0.29, 0.717) is 6.54 Å². The molecule has 1 aliphatic rings. The zero-order chi connectivity index (χ0) is 20.9. The third kappa shape index (κ3) is 6.21. The van der Waals surface area contributed by atoms with Crippen molar-refractivity contribution in [2.75, 3.05) is 33.4 Å². The normalized spacial score (nSPS) is 18.6. The monoisotopic (exact) mass is 409 g/mol. The molecule has 0 bridgehead atoms. The Morgan fingerprint density at radius 1 is 1.18 bits per heavy atom. The highest BCUT2D eigenvalue weighted by Crippen LogP contribution is 2.38. The zero-order valence-electron chi connectivity index (χ0n) is 17.8. The predicted octanol–water partition coefficient (Wildman–Crippen LogP) is 2.89. The Kier molecular flexibility index (Phi) is 7.51. The molecule has 0 heterocycles. The van der Waals surface area contributed by atoms with Gasteiger partial charge in [0.15, 0.2) is 9.84 Å². The lowest BCUT2D eigenvalue weighted by Crippen LogP contribution is -2.48. The largest absolute Gasteiger partial charge is 0.338 e. The van der Waals surface area contributed by atoms with Crippen LogP contribution in [0.2, 0.25) is 0 Å². The standard InChI is InChI=1S/C21H35N3O3S/c1-16-8-10-18(11-9-16)19(17(2)28(5,26)27)23-20(25)22-14-21(15-24(3)4)12-6-7-13-21/h8-11,17,19H,6-7,12-15H2,1-5H3,(H2,22,23,25). The lowest BCUT2D eigenvalue weighted by molar-refractivity contribution is 0.189. The Morgan fingerprint density at radius 2 is 1.75 bits per heavy atom. The van der Waals surface area contributed by atoms with Crippen LogP contribution < -0.4 is 10.6 Å². The minimum absolute atomic E-state index is 0.0998. The van der Waals surface area contributed by atoms with Gasteiger partial charge in [-0.05, 0) is 46.3 Å². The van der Waals surface area contributed by atoms with Crippen molar-refractivity contribution in [3.63, 3.8) is 0 Å². The number of urea groups is 1. The van der Waals surface area contributed by atoms with E-state index in [1.54, 1.807) is 6.92 Å². The van der Waals surface area contributed by atoms with Gasteiger partial charge >= 0.3 is 6.03 Å². The Bertz CT molecular complexity index is 754. The first kappa shape index (κ1) is 22.7. The van der Waals surface area contributed by atoms with Crippen molar-refractivity contribution in [1.29, 1.82) is 0 Å². The Labute approximate surface area is 170 Å². The van der Waals surface area contributed by atoms with Gasteiger partial charge in [-0.15, -0.1) is 0 Å². The maximum Gasteiger partial charge on any atom is 0.315 e. The average Bonchev–Trinajstić information content (AvgIpc) is 3.05. The molecular formula is C21H35N3O3S. The second-order valence-electron chi connectivity index (χ2n) is 8.69. The van der Waals surface area contributed by atoms with Crippen LogP contribution in [0.15, 0.2) is 24.3 Å². The van der Waals surface area contributed by atoms with E-state index in [-0.39, 0.29) is 11.4 Å². The van der Waals surface area contributed by atoms with Gasteiger partial charge in [0.1, 0.15) is 0 Å². The Morgan fingerprint density at radius 3 is 2.25 bits per heavy atom. The number of nitrogens with zero attached hydrogens (tertiary/aromatic N) is 1. The summed E-state index contributed by atoms with van der Waals surface area (Å²) in [7, 11) is 0.800. The van der Waals surface area contributed by atoms with Crippen LogP contribution in [-0.4, -0.2) is 58.0 Å². The summed E-state index contributed by atoms with van der Waals surface area (Å²) in [4.78, 5) is 14.9. The SMILES string of the molecule is Cc1ccc(C(NC(=O)NCC2(CN(C)C)CCCC2)C(C)S(C)(=O)=O)cc1. The fourth-order valence-electron chi connectivity index (χ4n) is 4.14. The molecule has 7 heteroatoms. The molecule has 2 rings (SSSR count). The van der Waals surface area contributed by atoms with Crippen molar-refractivity contribution < 1.29 is 13.2 Å². The van der Waals surface area contributed by atoms with Gasteiger partial charge in [-0.25, -0.2) is 13.2 Å². The third-order valence-electron chi connectivity index (χ3n) is 5.81. The van der Waals surface area contributed by atoms with Crippen molar-refractivity contribution >= 4 is 15.9 Å². The van der Waals surface area contributed by atoms with Crippen molar-refractivity contribution in [1.82, 2.24) is 15.5 Å². The first-order valence-corrected chi connectivity index (χ1v) is 11.9. The van der Waals surface area contributed by atoms with Gasteiger partial charge < -0.3 is 15.5 Å². The quantitative estimate of drug-likeness (QED) is 0.692. The average molecular weight is 410 g/mol. The molecule has 1 aliphatic carbocycles. The molecule has 2 atom stereocenters. The molecule has 6 nitrogen and oxygen atoms in total. The summed E-state index contributed by atoms with van der Waals surface area (Å²) in [5.74, 6) is 0. The molecule has 0 spiro atoms. The second-order valence-corrected chi connectivity index (χ2v) is 11.1. The minimum Gasteiger partial charge on any atom is -0.338 e. The number of benzene rings is 1. The van der Waals surface area contributed by atoms with Crippen molar-refractivity contribution in [2.24, 2.45) is 5.41 Å². The van der Waals surface area contributed by atoms with Crippen molar-refractivity contribution in [2.45, 2.75) is 50.8 Å². The molecule has 0 aliphatic heterocycles. The predicted molar refractivity (Wildman–Crippen MR) is 114 cm³/mol. The fourth-order valence-corrected chi connectivity index (χ4v) is 4.86. The molecule has 2 unspecified atom stereocenters. The maximum atomic E-state index is 12.7. The van der Waals surface area contributed by atoms with E-state index in [1.165, 1.54) is 19.1 Å². The molecule has 2 N–H and O–H groups in total. The number of amides is 2. The van der Waals surface area contributed by atoms with Crippen LogP contribution in [0.5, 0.6) is 0 Å². The lowest BCUT2D eigenvalue weighted by atomic mass is 9.85. The van der Waals surface area contributed by atoms with Crippen LogP contribution in [0.3, 0.4) is 0 Å². The molecule has 1 fully saturated rings. The van der Waals surface area contributed by atoms with Gasteiger partial charge in [-0.3, -0.25) is 0 Å². The highest BCUT2D eigenvalue weighted by atomic mass is 32.2. The van der Waals surface area contributed by atoms with Crippen LogP contribution in [0.25, 0.3) is 0 Å². The summed E-state index contributed by atoms with van der Waals surface area (Å²) in [5.41, 5.74) is 1.98. The first-order chi connectivity index (χ1) is 13.0. The van der Waals surface area contributed by atoms with E-state index in [1.807, 2.05) is 31.2 Å². The number of nitrogens with one attached hydrogen (secondary N) is 2. The molecular weight excluding hydrogens is 374 g/mol. The maximum absolute atomic E-state index is 12.7. The van der Waals surface area contributed by atoms with Gasteiger partial charge in [0.05, 0.1) is 11.3 Å². The van der Waals surface area contributed by atoms with Crippen LogP contribution in [0.4, 0.5) is 4.79 Å². The van der Waals surface area contributed by atoms with Crippen LogP contribution in [0, 0.1) is 12.3 Å². The lowest BCUT2D eigenvalue weighted by Gasteiger charge is -2.33. The number of aryl methyl sites for hydroxylation is 1. The van der Waals surface area contributed by atoms with E-state index in [9.17, 15) is 13.2 Å². The number of carbonyl (C=O) groups excluding carboxylic acids is 1. The topological polar surface area (TPSA) is 78.5 Å². The highest BCUT2D eigenvalue weighted by Gasteiger charge is 2.35. The number of rotatable bonds is 8. The minimum atomic E-state index is -3.31. The van der Waals surface area contributed by atoms with E-state index in [4.69, 9.17) is 0 Å². The van der Waals surface area contributed by atoms with Crippen LogP contribution >= 0.6 is 0 Å². The number of hydrogen-bond acceptors (Lipinski definition) is 4. The second kappa shape index (κ2) is 9.27. The summed E-state index contributed by atoms with van der Waals surface area (Å²) >= 11 is 0. The smallest absolute Gasteiger partial charge is 0.315 e. The molecule has 0 aromatic heterocycles. The molecule has 1 aromatic rings. The van der Waals surface area contributed by atoms with Crippen molar-refractivity contribution in [3.05, 3.63) is 35.4 Å². The fraction of sp³-hybridized carbons (Fsp3) is 0.667. The highest BCUT2D eigenvalue weighted by molar-refractivity contribution is 7.91. The van der Waals surface area contributed by atoms with Crippen LogP contribution in [0.1, 0.15) is 49.8 Å². The summed E-state index contributed by atoms with van der Waals surface area (Å²) in [6.45, 7) is 5.16. The van der Waals surface area contributed by atoms with E-state index in [0.717, 1.165) is 30.5 Å². The molecule has 158 valence electrons. The van der Waals surface area contributed by atoms with Gasteiger partial charge in [-0.1, -0.05) is 42.7 Å². The third-order valence-corrected chi connectivity index (χ3v) is 7.43. The number of carbonyl (C=O) groups is 1. The number of hydrogen-bond donors (Lipinski definition) is 2. The molecule has 28 heavy (non-hydrogen) atoms. The molecule has 2 amide bonds. The van der Waals surface area contributed by atoms with E-state index >= 15 is 0 Å².